The maximum absolute atomic E-state index is 14.3. The first-order chi connectivity index (χ1) is 14.8. The average molecular weight is 447 g/mol. The van der Waals surface area contributed by atoms with Gasteiger partial charge in [-0.15, -0.1) is 0 Å². The number of aliphatic carboxylic acids is 2. The number of aromatic nitrogens is 2. The molecule has 1 aromatic heterocycles. The Morgan fingerprint density at radius 1 is 1.10 bits per heavy atom. The summed E-state index contributed by atoms with van der Waals surface area (Å²) in [5, 5.41) is 16.2. The van der Waals surface area contributed by atoms with Gasteiger partial charge in [0, 0.05) is 28.3 Å². The van der Waals surface area contributed by atoms with Crippen LogP contribution in [0.1, 0.15) is 22.6 Å². The van der Waals surface area contributed by atoms with Crippen molar-refractivity contribution in [1.29, 1.82) is 0 Å². The quantitative estimate of drug-likeness (QED) is 0.359. The normalized spacial score (nSPS) is 12.2. The van der Waals surface area contributed by atoms with Crippen LogP contribution in [0.4, 0.5) is 4.39 Å². The summed E-state index contributed by atoms with van der Waals surface area (Å²) >= 11 is 6.19. The Kier molecular flexibility index (Phi) is 6.61. The van der Waals surface area contributed by atoms with Crippen LogP contribution in [-0.4, -0.2) is 37.4 Å². The number of fused-ring (bicyclic) bond motifs is 3. The Morgan fingerprint density at radius 3 is 2.42 bits per heavy atom. The van der Waals surface area contributed by atoms with E-state index in [4.69, 9.17) is 21.8 Å². The van der Waals surface area contributed by atoms with Gasteiger partial charge in [-0.3, -0.25) is 9.56 Å². The lowest BCUT2D eigenvalue weighted by Gasteiger charge is -2.14. The summed E-state index contributed by atoms with van der Waals surface area (Å²) in [4.78, 5) is 28.1. The monoisotopic (exact) mass is 446 g/mol. The maximum atomic E-state index is 14.3. The molecule has 31 heavy (non-hydrogen) atoms. The van der Waals surface area contributed by atoms with Crippen molar-refractivity contribution in [3.63, 3.8) is 0 Å². The SMILES string of the molecule is O=C(O)/C=C\C(=O)O.[13CH3][13c]1nc[13c]2n1-c1ccc(Cl)cc1C(c1ccccc1F)=[15N][13CH2]2. The van der Waals surface area contributed by atoms with Crippen molar-refractivity contribution in [2.24, 2.45) is 4.99 Å². The van der Waals surface area contributed by atoms with Crippen molar-refractivity contribution in [2.75, 3.05) is 0 Å². The van der Waals surface area contributed by atoms with E-state index in [1.807, 2.05) is 42.0 Å². The molecule has 0 amide bonds. The number of hydrogen-bond acceptors (Lipinski definition) is 4. The third kappa shape index (κ3) is 5.04. The van der Waals surface area contributed by atoms with E-state index in [1.165, 1.54) is 6.07 Å². The summed E-state index contributed by atoms with van der Waals surface area (Å²) in [7, 11) is 0. The summed E-state index contributed by atoms with van der Waals surface area (Å²) in [6, 6.07) is 12.3. The van der Waals surface area contributed by atoms with Crippen LogP contribution in [-0.2, 0) is 16.1 Å². The van der Waals surface area contributed by atoms with Crippen molar-refractivity contribution in [2.45, 2.75) is 13.5 Å². The number of benzene rings is 2. The summed E-state index contributed by atoms with van der Waals surface area (Å²) < 4.78 is 16.3. The van der Waals surface area contributed by atoms with Gasteiger partial charge in [-0.1, -0.05) is 23.7 Å². The number of carbonyl (C=O) groups is 2. The predicted octanol–water partition coefficient (Wildman–Crippen LogP) is 4.04. The van der Waals surface area contributed by atoms with Gasteiger partial charge in [0.2, 0.25) is 0 Å². The Hall–Kier alpha value is -3.78. The van der Waals surface area contributed by atoms with Gasteiger partial charge >= 0.3 is 11.9 Å². The average Bonchev–Trinajstić information content (AvgIpc) is 3.00. The lowest BCUT2D eigenvalue weighted by Crippen LogP contribution is -2.09. The van der Waals surface area contributed by atoms with Gasteiger partial charge in [-0.05, 0) is 37.3 Å². The fourth-order valence-corrected chi connectivity index (χ4v) is 3.27. The van der Waals surface area contributed by atoms with E-state index in [9.17, 15) is 14.0 Å². The second kappa shape index (κ2) is 9.36. The number of rotatable bonds is 3. The van der Waals surface area contributed by atoms with E-state index in [-0.39, 0.29) is 5.82 Å². The van der Waals surface area contributed by atoms with Crippen LogP contribution in [0.15, 0.2) is 65.8 Å². The molecule has 7 nitrogen and oxygen atoms in total. The molecule has 0 spiro atoms. The molecule has 4 rings (SSSR count). The highest BCUT2D eigenvalue weighted by Gasteiger charge is 2.22. The molecule has 0 saturated heterocycles. The fraction of sp³-hybridized carbons (Fsp3) is 0.0909. The minimum atomic E-state index is -1.26. The van der Waals surface area contributed by atoms with Crippen LogP contribution >= 0.6 is 11.6 Å². The summed E-state index contributed by atoms with van der Waals surface area (Å²) in [6.45, 7) is 2.38. The van der Waals surface area contributed by atoms with Crippen LogP contribution in [0.5, 0.6) is 0 Å². The first-order valence-corrected chi connectivity index (χ1v) is 9.42. The first kappa shape index (κ1) is 21.9. The largest absolute Gasteiger partial charge is 0.478 e. The number of carboxylic acids is 2. The Morgan fingerprint density at radius 2 is 1.77 bits per heavy atom. The smallest absolute Gasteiger partial charge is 0.328 e. The highest BCUT2D eigenvalue weighted by Crippen LogP contribution is 2.29. The second-order valence-electron chi connectivity index (χ2n) is 6.45. The molecule has 0 bridgehead atoms. The van der Waals surface area contributed by atoms with E-state index in [1.54, 1.807) is 12.1 Å². The summed E-state index contributed by atoms with van der Waals surface area (Å²) in [5.74, 6) is -1.94. The van der Waals surface area contributed by atoms with Crippen molar-refractivity contribution < 1.29 is 24.2 Å². The van der Waals surface area contributed by atoms with E-state index in [0.29, 0.717) is 35.0 Å². The van der Waals surface area contributed by atoms with Gasteiger partial charge in [0.15, 0.2) is 0 Å². The zero-order valence-electron chi connectivity index (χ0n) is 16.3. The molecule has 3 aromatic rings. The number of carboxylic acid groups (broad SMARTS) is 2. The van der Waals surface area contributed by atoms with Gasteiger partial charge in [0.25, 0.3) is 0 Å². The lowest BCUT2D eigenvalue weighted by atomic mass is 10.0. The molecule has 0 aliphatic carbocycles. The molecule has 2 aromatic carbocycles. The number of imidazole rings is 1. The van der Waals surface area contributed by atoms with Gasteiger partial charge in [-0.25, -0.2) is 19.0 Å². The number of hydrogen-bond donors (Lipinski definition) is 2. The minimum absolute atomic E-state index is 0.293. The summed E-state index contributed by atoms with van der Waals surface area (Å²) in [6.07, 6.45) is 2.92. The van der Waals surface area contributed by atoms with Crippen molar-refractivity contribution in [1.82, 2.24) is 9.55 Å². The van der Waals surface area contributed by atoms with Crippen LogP contribution in [0.3, 0.4) is 0 Å². The minimum Gasteiger partial charge on any atom is -0.478 e. The molecule has 0 unspecified atom stereocenters. The van der Waals surface area contributed by atoms with Crippen LogP contribution < -0.4 is 0 Å². The fourth-order valence-electron chi connectivity index (χ4n) is 3.10. The Labute approximate surface area is 181 Å². The standard InChI is InChI=1S/C18H13ClFN3.C4H4O4/c1-11-21-9-13-10-22-18(14-4-2-3-5-16(14)20)15-8-12(19)6-7-17(15)23(11)13;5-3(6)1-2-4(7)8/h2-9H,10H2,1H3;1-2H,(H,5,6)(H,7,8)/b;2-1-/i1+1,10+1,11+1,13+1,22+1;. The molecule has 2 heterocycles. The molecule has 1 aliphatic heterocycles. The predicted molar refractivity (Wildman–Crippen MR) is 113 cm³/mol. The second-order valence-corrected chi connectivity index (χ2v) is 6.88. The van der Waals surface area contributed by atoms with Gasteiger partial charge in [-0.2, -0.15) is 0 Å². The Bertz CT molecular complexity index is 1200. The Balaban J connectivity index is 0.000000293. The molecule has 2 N–H and O–H groups in total. The van der Waals surface area contributed by atoms with E-state index < -0.39 is 11.9 Å². The maximum Gasteiger partial charge on any atom is 0.328 e. The van der Waals surface area contributed by atoms with Crippen LogP contribution in [0.25, 0.3) is 5.69 Å². The molecule has 0 fully saturated rings. The van der Waals surface area contributed by atoms with E-state index in [2.05, 4.69) is 9.98 Å². The molecule has 9 heteroatoms. The topological polar surface area (TPSA) is 105 Å². The molecule has 0 saturated carbocycles. The van der Waals surface area contributed by atoms with E-state index in [0.717, 1.165) is 22.8 Å². The molecular weight excluding hydrogens is 430 g/mol. The van der Waals surface area contributed by atoms with Crippen LogP contribution in [0, 0.1) is 12.7 Å². The van der Waals surface area contributed by atoms with E-state index >= 15 is 0 Å². The molecule has 158 valence electrons. The number of aliphatic imine (C=N–C) groups is 1. The van der Waals surface area contributed by atoms with Gasteiger partial charge in [0.1, 0.15) is 11.6 Å². The van der Waals surface area contributed by atoms with Crippen molar-refractivity contribution in [3.8, 4) is 5.69 Å². The highest BCUT2D eigenvalue weighted by atomic mass is 35.5. The molecular formula is C22H17ClFN3O4. The molecule has 1 aliphatic rings. The van der Waals surface area contributed by atoms with Crippen molar-refractivity contribution in [3.05, 3.63) is 94.3 Å². The van der Waals surface area contributed by atoms with Gasteiger partial charge in [0.05, 0.1) is 29.8 Å². The number of halogens is 2. The zero-order chi connectivity index (χ0) is 22.5. The highest BCUT2D eigenvalue weighted by molar-refractivity contribution is 6.31. The molecule has 0 radical (unpaired) electrons. The first-order valence-electron chi connectivity index (χ1n) is 9.04. The van der Waals surface area contributed by atoms with Gasteiger partial charge < -0.3 is 10.2 Å². The van der Waals surface area contributed by atoms with Crippen molar-refractivity contribution >= 4 is 29.3 Å². The zero-order valence-corrected chi connectivity index (χ0v) is 17.0. The third-order valence-electron chi connectivity index (χ3n) is 4.36. The van der Waals surface area contributed by atoms with Crippen LogP contribution in [0.2, 0.25) is 5.02 Å². The molecule has 0 atom stereocenters. The number of nitrogens with zero attached hydrogens (tertiary/aromatic N) is 3. The summed E-state index contributed by atoms with van der Waals surface area (Å²) in [5.41, 5.74) is 3.79. The third-order valence-corrected chi connectivity index (χ3v) is 4.60. The number of aryl methyl sites for hydroxylation is 1. The lowest BCUT2D eigenvalue weighted by molar-refractivity contribution is -0.134.